The van der Waals surface area contributed by atoms with E-state index in [1.54, 1.807) is 0 Å². The van der Waals surface area contributed by atoms with E-state index < -0.39 is 0 Å². The molecule has 0 aliphatic carbocycles. The van der Waals surface area contributed by atoms with Gasteiger partial charge in [0, 0.05) is 6.04 Å². The summed E-state index contributed by atoms with van der Waals surface area (Å²) in [6.07, 6.45) is 1.29. The fourth-order valence-corrected chi connectivity index (χ4v) is 3.28. The van der Waals surface area contributed by atoms with Crippen LogP contribution >= 0.6 is 0 Å². The van der Waals surface area contributed by atoms with Gasteiger partial charge in [0.1, 0.15) is 0 Å². The molecule has 1 nitrogen and oxygen atoms in total. The van der Waals surface area contributed by atoms with Gasteiger partial charge in [-0.15, -0.1) is 0 Å². The van der Waals surface area contributed by atoms with Gasteiger partial charge in [-0.1, -0.05) is 61.8 Å². The van der Waals surface area contributed by atoms with Gasteiger partial charge in [0.2, 0.25) is 0 Å². The van der Waals surface area contributed by atoms with Gasteiger partial charge in [0.25, 0.3) is 0 Å². The number of hydrogen-bond donors (Lipinski definition) is 1. The average Bonchev–Trinajstić information content (AvgIpc) is 2.40. The third kappa shape index (κ3) is 5.10. The molecule has 0 saturated carbocycles. The summed E-state index contributed by atoms with van der Waals surface area (Å²) < 4.78 is 0. The zero-order valence-corrected chi connectivity index (χ0v) is 14.9. The highest BCUT2D eigenvalue weighted by Gasteiger charge is 2.31. The van der Waals surface area contributed by atoms with Crippen LogP contribution in [0, 0.1) is 41.4 Å². The van der Waals surface area contributed by atoms with Gasteiger partial charge in [-0.05, 0) is 48.3 Å². The van der Waals surface area contributed by atoms with Crippen molar-refractivity contribution in [3.05, 3.63) is 0 Å². The Morgan fingerprint density at radius 1 is 0.579 bits per heavy atom. The van der Waals surface area contributed by atoms with Crippen LogP contribution in [0.25, 0.3) is 0 Å². The van der Waals surface area contributed by atoms with Crippen LogP contribution < -0.4 is 5.73 Å². The molecule has 0 bridgehead atoms. The van der Waals surface area contributed by atoms with Crippen LogP contribution in [0.5, 0.6) is 0 Å². The van der Waals surface area contributed by atoms with Gasteiger partial charge >= 0.3 is 0 Å². The third-order valence-corrected chi connectivity index (χ3v) is 6.52. The van der Waals surface area contributed by atoms with Crippen LogP contribution in [0.1, 0.15) is 68.7 Å². The minimum Gasteiger partial charge on any atom is -0.328 e. The Morgan fingerprint density at radius 2 is 0.895 bits per heavy atom. The van der Waals surface area contributed by atoms with Crippen molar-refractivity contribution in [3.8, 4) is 0 Å². The fourth-order valence-electron chi connectivity index (χ4n) is 3.28. The predicted molar refractivity (Wildman–Crippen MR) is 88.1 cm³/mol. The first-order valence-electron chi connectivity index (χ1n) is 8.40. The van der Waals surface area contributed by atoms with Gasteiger partial charge < -0.3 is 5.73 Å². The largest absolute Gasteiger partial charge is 0.328 e. The molecule has 0 saturated heterocycles. The van der Waals surface area contributed by atoms with Gasteiger partial charge in [-0.2, -0.15) is 0 Å². The Labute approximate surface area is 122 Å². The number of hydrogen-bond acceptors (Lipinski definition) is 1. The lowest BCUT2D eigenvalue weighted by Crippen LogP contribution is -2.36. The zero-order valence-electron chi connectivity index (χ0n) is 14.9. The van der Waals surface area contributed by atoms with Gasteiger partial charge in [0.05, 0.1) is 0 Å². The molecule has 0 rings (SSSR count). The molecule has 0 fully saturated rings. The van der Waals surface area contributed by atoms with Crippen LogP contribution in [0.2, 0.25) is 0 Å². The fraction of sp³-hybridized carbons (Fsp3) is 1.00. The standard InChI is InChI=1S/C18H39N/c1-10-11(2)12(3)13(4)14(5)15(6)16(7)17(8)18(9)19/h11-18H,10,19H2,1-9H3. The third-order valence-electron chi connectivity index (χ3n) is 6.52. The Kier molecular flexibility index (Phi) is 8.27. The summed E-state index contributed by atoms with van der Waals surface area (Å²) in [7, 11) is 0. The highest BCUT2D eigenvalue weighted by atomic mass is 14.6. The molecule has 2 N–H and O–H groups in total. The molecule has 1 heteroatoms. The number of rotatable bonds is 8. The lowest BCUT2D eigenvalue weighted by atomic mass is 9.68. The smallest absolute Gasteiger partial charge is 0.00387 e. The van der Waals surface area contributed by atoms with Gasteiger partial charge in [-0.3, -0.25) is 0 Å². The molecule has 0 aromatic heterocycles. The van der Waals surface area contributed by atoms with Crippen LogP contribution in [0.3, 0.4) is 0 Å². The molecule has 0 aromatic carbocycles. The van der Waals surface area contributed by atoms with Crippen molar-refractivity contribution >= 4 is 0 Å². The second kappa shape index (κ2) is 8.29. The topological polar surface area (TPSA) is 26.0 Å². The lowest BCUT2D eigenvalue weighted by Gasteiger charge is -2.38. The van der Waals surface area contributed by atoms with Crippen molar-refractivity contribution in [1.82, 2.24) is 0 Å². The summed E-state index contributed by atoms with van der Waals surface area (Å²) in [5, 5.41) is 0. The first kappa shape index (κ1) is 19.0. The molecular formula is C18H39N. The van der Waals surface area contributed by atoms with E-state index in [0.29, 0.717) is 17.9 Å². The molecule has 0 aliphatic heterocycles. The Bertz CT molecular complexity index is 236. The molecule has 8 unspecified atom stereocenters. The highest BCUT2D eigenvalue weighted by Crippen LogP contribution is 2.37. The summed E-state index contributed by atoms with van der Waals surface area (Å²) >= 11 is 0. The molecule has 0 radical (unpaired) electrons. The Hall–Kier alpha value is -0.0400. The molecule has 19 heavy (non-hydrogen) atoms. The van der Waals surface area contributed by atoms with E-state index in [2.05, 4.69) is 62.3 Å². The van der Waals surface area contributed by atoms with Crippen molar-refractivity contribution in [3.63, 3.8) is 0 Å². The van der Waals surface area contributed by atoms with Crippen LogP contribution in [0.15, 0.2) is 0 Å². The Balaban J connectivity index is 4.67. The summed E-state index contributed by atoms with van der Waals surface area (Å²) in [4.78, 5) is 0. The van der Waals surface area contributed by atoms with Gasteiger partial charge in [0.15, 0.2) is 0 Å². The molecule has 8 atom stereocenters. The van der Waals surface area contributed by atoms with E-state index in [4.69, 9.17) is 5.73 Å². The summed E-state index contributed by atoms with van der Waals surface area (Å²) in [5.74, 6) is 5.21. The molecule has 0 amide bonds. The highest BCUT2D eigenvalue weighted by molar-refractivity contribution is 4.81. The van der Waals surface area contributed by atoms with Crippen molar-refractivity contribution in [2.45, 2.75) is 74.8 Å². The van der Waals surface area contributed by atoms with E-state index in [-0.39, 0.29) is 0 Å². The summed E-state index contributed by atoms with van der Waals surface area (Å²) in [6, 6.07) is 0.298. The van der Waals surface area contributed by atoms with E-state index >= 15 is 0 Å². The second-order valence-electron chi connectivity index (χ2n) is 7.40. The van der Waals surface area contributed by atoms with E-state index in [1.807, 2.05) is 0 Å². The molecule has 116 valence electrons. The molecule has 0 spiro atoms. The van der Waals surface area contributed by atoms with Crippen LogP contribution in [0.4, 0.5) is 0 Å². The molecule has 0 aromatic rings. The predicted octanol–water partition coefficient (Wildman–Crippen LogP) is 5.20. The monoisotopic (exact) mass is 269 g/mol. The van der Waals surface area contributed by atoms with Crippen molar-refractivity contribution in [2.75, 3.05) is 0 Å². The first-order valence-corrected chi connectivity index (χ1v) is 8.40. The zero-order chi connectivity index (χ0) is 15.3. The maximum Gasteiger partial charge on any atom is 0.00387 e. The van der Waals surface area contributed by atoms with Crippen LogP contribution in [-0.2, 0) is 0 Å². The normalized spacial score (nSPS) is 24.9. The maximum atomic E-state index is 6.08. The van der Waals surface area contributed by atoms with E-state index in [9.17, 15) is 0 Å². The average molecular weight is 270 g/mol. The van der Waals surface area contributed by atoms with Crippen LogP contribution in [-0.4, -0.2) is 6.04 Å². The minimum absolute atomic E-state index is 0.298. The first-order chi connectivity index (χ1) is 8.64. The summed E-state index contributed by atoms with van der Waals surface area (Å²) in [6.45, 7) is 21.3. The number of nitrogens with two attached hydrogens (primary N) is 1. The van der Waals surface area contributed by atoms with Crippen molar-refractivity contribution in [2.24, 2.45) is 47.2 Å². The van der Waals surface area contributed by atoms with E-state index in [0.717, 1.165) is 29.6 Å². The maximum absolute atomic E-state index is 6.08. The lowest BCUT2D eigenvalue weighted by molar-refractivity contribution is 0.112. The molecule has 0 aliphatic rings. The van der Waals surface area contributed by atoms with E-state index in [1.165, 1.54) is 6.42 Å². The minimum atomic E-state index is 0.298. The van der Waals surface area contributed by atoms with Gasteiger partial charge in [-0.25, -0.2) is 0 Å². The van der Waals surface area contributed by atoms with Crippen molar-refractivity contribution < 1.29 is 0 Å². The second-order valence-corrected chi connectivity index (χ2v) is 7.40. The SMILES string of the molecule is CCC(C)C(C)C(C)C(C)C(C)C(C)C(C)C(C)N. The summed E-state index contributed by atoms with van der Waals surface area (Å²) in [5.41, 5.74) is 6.08. The Morgan fingerprint density at radius 3 is 1.21 bits per heavy atom. The molecule has 0 heterocycles. The van der Waals surface area contributed by atoms with Crippen molar-refractivity contribution in [1.29, 1.82) is 0 Å². The molecular weight excluding hydrogens is 230 g/mol. The quantitative estimate of drug-likeness (QED) is 0.644.